The molecule has 13 heavy (non-hydrogen) atoms. The number of nitrogens with one attached hydrogen (secondary N) is 1. The van der Waals surface area contributed by atoms with E-state index >= 15 is 0 Å². The topological polar surface area (TPSA) is 54.4 Å². The smallest absolute Gasteiger partial charge is 0.182 e. The van der Waals surface area contributed by atoms with E-state index in [1.54, 1.807) is 17.5 Å². The minimum Gasteiger partial charge on any atom is -0.394 e. The normalized spacial score (nSPS) is 10.2. The Kier molecular flexibility index (Phi) is 5.47. The Hall–Kier alpha value is -0.650. The summed E-state index contributed by atoms with van der Waals surface area (Å²) >= 11 is 1.59. The fraction of sp³-hybridized carbons (Fsp3) is 0.625. The first kappa shape index (κ1) is 10.4. The molecule has 0 aliphatic rings. The number of anilines is 1. The van der Waals surface area contributed by atoms with Crippen LogP contribution in [0.2, 0.25) is 0 Å². The first-order valence-electron chi connectivity index (χ1n) is 4.25. The molecule has 2 N–H and O–H groups in total. The monoisotopic (exact) mass is 202 g/mol. The average molecular weight is 202 g/mol. The van der Waals surface area contributed by atoms with Gasteiger partial charge in [-0.05, 0) is 6.42 Å². The molecule has 0 saturated heterocycles. The van der Waals surface area contributed by atoms with Crippen LogP contribution >= 0.6 is 11.3 Å². The number of rotatable bonds is 7. The van der Waals surface area contributed by atoms with E-state index in [1.807, 2.05) is 5.38 Å². The van der Waals surface area contributed by atoms with Crippen molar-refractivity contribution < 1.29 is 9.84 Å². The van der Waals surface area contributed by atoms with Crippen LogP contribution in [0.4, 0.5) is 5.13 Å². The number of ether oxygens (including phenoxy) is 1. The van der Waals surface area contributed by atoms with Gasteiger partial charge in [0.15, 0.2) is 5.13 Å². The Bertz CT molecular complexity index is 204. The molecule has 0 fully saturated rings. The summed E-state index contributed by atoms with van der Waals surface area (Å²) in [5.74, 6) is 0. The molecule has 5 heteroatoms. The summed E-state index contributed by atoms with van der Waals surface area (Å²) in [4.78, 5) is 4.08. The number of aromatic nitrogens is 1. The van der Waals surface area contributed by atoms with Gasteiger partial charge in [0.1, 0.15) is 0 Å². The van der Waals surface area contributed by atoms with Crippen molar-refractivity contribution in [1.82, 2.24) is 4.98 Å². The molecule has 0 saturated carbocycles. The number of hydrogen-bond acceptors (Lipinski definition) is 5. The predicted octanol–water partition coefficient (Wildman–Crippen LogP) is 0.954. The van der Waals surface area contributed by atoms with Crippen LogP contribution in [0.5, 0.6) is 0 Å². The van der Waals surface area contributed by atoms with E-state index in [0.29, 0.717) is 13.2 Å². The van der Waals surface area contributed by atoms with Gasteiger partial charge in [-0.3, -0.25) is 0 Å². The highest BCUT2D eigenvalue weighted by Gasteiger charge is 1.92. The molecule has 1 rings (SSSR count). The number of thiazole rings is 1. The van der Waals surface area contributed by atoms with Crippen molar-refractivity contribution in [3.8, 4) is 0 Å². The highest BCUT2D eigenvalue weighted by molar-refractivity contribution is 7.13. The van der Waals surface area contributed by atoms with Gasteiger partial charge in [-0.15, -0.1) is 11.3 Å². The van der Waals surface area contributed by atoms with E-state index in [1.165, 1.54) is 0 Å². The fourth-order valence-electron chi connectivity index (χ4n) is 0.847. The summed E-state index contributed by atoms with van der Waals surface area (Å²) in [5.41, 5.74) is 0. The van der Waals surface area contributed by atoms with E-state index in [2.05, 4.69) is 10.3 Å². The molecule has 0 atom stereocenters. The molecule has 1 heterocycles. The second-order valence-electron chi connectivity index (χ2n) is 2.45. The SMILES string of the molecule is OCCOCCCNc1nccs1. The van der Waals surface area contributed by atoms with Gasteiger partial charge in [-0.1, -0.05) is 0 Å². The van der Waals surface area contributed by atoms with Crippen LogP contribution in [0.15, 0.2) is 11.6 Å². The Morgan fingerprint density at radius 3 is 3.15 bits per heavy atom. The summed E-state index contributed by atoms with van der Waals surface area (Å²) in [6.45, 7) is 2.06. The Morgan fingerprint density at radius 2 is 2.46 bits per heavy atom. The molecule has 0 aromatic carbocycles. The van der Waals surface area contributed by atoms with E-state index in [9.17, 15) is 0 Å². The summed E-state index contributed by atoms with van der Waals surface area (Å²) in [7, 11) is 0. The molecule has 1 aromatic heterocycles. The van der Waals surface area contributed by atoms with Gasteiger partial charge in [0.05, 0.1) is 13.2 Å². The van der Waals surface area contributed by atoms with Crippen molar-refractivity contribution in [3.05, 3.63) is 11.6 Å². The van der Waals surface area contributed by atoms with Gasteiger partial charge in [-0.2, -0.15) is 0 Å². The molecule has 0 radical (unpaired) electrons. The minimum atomic E-state index is 0.0971. The van der Waals surface area contributed by atoms with Gasteiger partial charge >= 0.3 is 0 Å². The first-order chi connectivity index (χ1) is 6.43. The Labute approximate surface area is 81.6 Å². The third-order valence-corrected chi connectivity index (χ3v) is 2.14. The molecule has 4 nitrogen and oxygen atoms in total. The van der Waals surface area contributed by atoms with Crippen molar-refractivity contribution >= 4 is 16.5 Å². The van der Waals surface area contributed by atoms with Crippen LogP contribution in [0, 0.1) is 0 Å². The van der Waals surface area contributed by atoms with Crippen LogP contribution in [0.25, 0.3) is 0 Å². The van der Waals surface area contributed by atoms with Crippen LogP contribution < -0.4 is 5.32 Å². The third kappa shape index (κ3) is 4.82. The van der Waals surface area contributed by atoms with Crippen molar-refractivity contribution in [2.75, 3.05) is 31.7 Å². The van der Waals surface area contributed by atoms with Crippen LogP contribution in [-0.4, -0.2) is 36.5 Å². The second kappa shape index (κ2) is 6.82. The first-order valence-corrected chi connectivity index (χ1v) is 5.13. The molecule has 0 aliphatic carbocycles. The lowest BCUT2D eigenvalue weighted by atomic mass is 10.4. The standard InChI is InChI=1S/C8H14N2O2S/c11-4-6-12-5-1-2-9-8-10-3-7-13-8/h3,7,11H,1-2,4-6H2,(H,9,10). The summed E-state index contributed by atoms with van der Waals surface area (Å²) < 4.78 is 5.10. The molecule has 0 aliphatic heterocycles. The zero-order valence-electron chi connectivity index (χ0n) is 7.40. The molecule has 0 amide bonds. The van der Waals surface area contributed by atoms with Gasteiger partial charge in [0.2, 0.25) is 0 Å². The zero-order chi connectivity index (χ0) is 9.36. The van der Waals surface area contributed by atoms with Crippen molar-refractivity contribution in [3.63, 3.8) is 0 Å². The third-order valence-electron chi connectivity index (χ3n) is 1.41. The fourth-order valence-corrected chi connectivity index (χ4v) is 1.40. The number of hydrogen-bond donors (Lipinski definition) is 2. The van der Waals surface area contributed by atoms with Gasteiger partial charge in [0.25, 0.3) is 0 Å². The summed E-state index contributed by atoms with van der Waals surface area (Å²) in [5, 5.41) is 14.5. The van der Waals surface area contributed by atoms with E-state index < -0.39 is 0 Å². The summed E-state index contributed by atoms with van der Waals surface area (Å²) in [6.07, 6.45) is 2.70. The molecular weight excluding hydrogens is 188 g/mol. The molecule has 74 valence electrons. The minimum absolute atomic E-state index is 0.0971. The van der Waals surface area contributed by atoms with Crippen LogP contribution in [0.3, 0.4) is 0 Å². The number of nitrogens with zero attached hydrogens (tertiary/aromatic N) is 1. The second-order valence-corrected chi connectivity index (χ2v) is 3.35. The molecule has 0 unspecified atom stereocenters. The quantitative estimate of drug-likeness (QED) is 0.646. The largest absolute Gasteiger partial charge is 0.394 e. The zero-order valence-corrected chi connectivity index (χ0v) is 8.22. The van der Waals surface area contributed by atoms with Gasteiger partial charge < -0.3 is 15.2 Å². The predicted molar refractivity (Wildman–Crippen MR) is 53.1 cm³/mol. The summed E-state index contributed by atoms with van der Waals surface area (Å²) in [6, 6.07) is 0. The van der Waals surface area contributed by atoms with Crippen LogP contribution in [0.1, 0.15) is 6.42 Å². The van der Waals surface area contributed by atoms with Gasteiger partial charge in [0, 0.05) is 24.7 Å². The highest BCUT2D eigenvalue weighted by atomic mass is 32.1. The van der Waals surface area contributed by atoms with Crippen molar-refractivity contribution in [2.24, 2.45) is 0 Å². The number of aliphatic hydroxyl groups excluding tert-OH is 1. The number of aliphatic hydroxyl groups is 1. The molecular formula is C8H14N2O2S. The lowest BCUT2D eigenvalue weighted by molar-refractivity contribution is 0.0922. The highest BCUT2D eigenvalue weighted by Crippen LogP contribution is 2.09. The Morgan fingerprint density at radius 1 is 1.54 bits per heavy atom. The molecule has 0 spiro atoms. The maximum absolute atomic E-state index is 8.42. The van der Waals surface area contributed by atoms with Crippen LogP contribution in [-0.2, 0) is 4.74 Å². The Balaban J connectivity index is 1.90. The lowest BCUT2D eigenvalue weighted by Gasteiger charge is -2.02. The van der Waals surface area contributed by atoms with E-state index in [-0.39, 0.29) is 6.61 Å². The maximum atomic E-state index is 8.42. The average Bonchev–Trinajstić information content (AvgIpc) is 2.63. The van der Waals surface area contributed by atoms with Gasteiger partial charge in [-0.25, -0.2) is 4.98 Å². The van der Waals surface area contributed by atoms with Crippen molar-refractivity contribution in [2.45, 2.75) is 6.42 Å². The molecule has 1 aromatic rings. The molecule has 0 bridgehead atoms. The van der Waals surface area contributed by atoms with Crippen molar-refractivity contribution in [1.29, 1.82) is 0 Å². The maximum Gasteiger partial charge on any atom is 0.182 e. The van der Waals surface area contributed by atoms with E-state index in [4.69, 9.17) is 9.84 Å². The lowest BCUT2D eigenvalue weighted by Crippen LogP contribution is -2.07. The van der Waals surface area contributed by atoms with E-state index in [0.717, 1.165) is 18.1 Å².